The van der Waals surface area contributed by atoms with Gasteiger partial charge in [-0.3, -0.25) is 0 Å². The molecule has 1 aromatic rings. The third-order valence-electron chi connectivity index (χ3n) is 4.21. The number of piperidine rings is 1. The summed E-state index contributed by atoms with van der Waals surface area (Å²) in [6, 6.07) is 1.20. The molecule has 0 aliphatic carbocycles. The fraction of sp³-hybridized carbons (Fsp3) is 0.692. The summed E-state index contributed by atoms with van der Waals surface area (Å²) >= 11 is 0. The first-order valence-corrected chi connectivity index (χ1v) is 6.73. The summed E-state index contributed by atoms with van der Waals surface area (Å²) < 4.78 is 2.00. The molecule has 98 valence electrons. The number of carboxylic acids is 1. The van der Waals surface area contributed by atoms with Crippen LogP contribution in [0.25, 0.3) is 0 Å². The highest BCUT2D eigenvalue weighted by Gasteiger charge is 2.36. The summed E-state index contributed by atoms with van der Waals surface area (Å²) in [5.74, 6) is 0.449. The van der Waals surface area contributed by atoms with Crippen LogP contribution in [0.5, 0.6) is 0 Å². The second-order valence-corrected chi connectivity index (χ2v) is 5.38. The Kier molecular flexibility index (Phi) is 2.86. The van der Waals surface area contributed by atoms with E-state index in [-0.39, 0.29) is 5.69 Å². The van der Waals surface area contributed by atoms with Crippen molar-refractivity contribution in [1.82, 2.24) is 14.9 Å². The van der Waals surface area contributed by atoms with Gasteiger partial charge in [-0.1, -0.05) is 0 Å². The van der Waals surface area contributed by atoms with E-state index in [1.54, 1.807) is 6.20 Å². The molecule has 0 aromatic carbocycles. The molecule has 2 aliphatic rings. The van der Waals surface area contributed by atoms with Gasteiger partial charge in [-0.05, 0) is 32.6 Å². The number of fused-ring (bicyclic) bond motifs is 2. The Bertz CT molecular complexity index is 457. The van der Waals surface area contributed by atoms with E-state index in [4.69, 9.17) is 5.11 Å². The van der Waals surface area contributed by atoms with Crippen molar-refractivity contribution in [3.05, 3.63) is 17.7 Å². The lowest BCUT2D eigenvalue weighted by atomic mass is 9.91. The second-order valence-electron chi connectivity index (χ2n) is 5.38. The maximum Gasteiger partial charge on any atom is 0.356 e. The summed E-state index contributed by atoms with van der Waals surface area (Å²) in [5, 5.41) is 12.6. The molecule has 2 atom stereocenters. The van der Waals surface area contributed by atoms with E-state index >= 15 is 0 Å². The molecule has 0 saturated carbocycles. The van der Waals surface area contributed by atoms with Crippen LogP contribution in [0.4, 0.5) is 0 Å². The minimum Gasteiger partial charge on any atom is -0.476 e. The van der Waals surface area contributed by atoms with Crippen LogP contribution >= 0.6 is 0 Å². The Morgan fingerprint density at radius 1 is 1.50 bits per heavy atom. The molecule has 3 rings (SSSR count). The van der Waals surface area contributed by atoms with E-state index in [1.165, 1.54) is 12.8 Å². The van der Waals surface area contributed by atoms with Crippen molar-refractivity contribution in [2.24, 2.45) is 0 Å². The zero-order valence-corrected chi connectivity index (χ0v) is 10.6. The molecule has 0 spiro atoms. The third kappa shape index (κ3) is 1.92. The molecule has 2 saturated heterocycles. The summed E-state index contributed by atoms with van der Waals surface area (Å²) in [4.78, 5) is 15.4. The van der Waals surface area contributed by atoms with E-state index in [0.29, 0.717) is 18.0 Å². The van der Waals surface area contributed by atoms with Gasteiger partial charge in [0.1, 0.15) is 5.82 Å². The maximum absolute atomic E-state index is 11.0. The lowest BCUT2D eigenvalue weighted by molar-refractivity contribution is 0.0690. The first kappa shape index (κ1) is 11.7. The van der Waals surface area contributed by atoms with Crippen molar-refractivity contribution in [3.8, 4) is 0 Å². The van der Waals surface area contributed by atoms with Crippen LogP contribution in [-0.2, 0) is 6.54 Å². The number of hydrogen-bond donors (Lipinski definition) is 2. The van der Waals surface area contributed by atoms with E-state index in [2.05, 4.69) is 10.3 Å². The number of hydrogen-bond acceptors (Lipinski definition) is 3. The van der Waals surface area contributed by atoms with Crippen molar-refractivity contribution in [3.63, 3.8) is 0 Å². The van der Waals surface area contributed by atoms with Crippen LogP contribution < -0.4 is 5.32 Å². The van der Waals surface area contributed by atoms with Crippen molar-refractivity contribution in [2.45, 2.75) is 57.2 Å². The molecule has 2 fully saturated rings. The lowest BCUT2D eigenvalue weighted by Gasteiger charge is -2.28. The fourth-order valence-electron chi connectivity index (χ4n) is 3.38. The highest BCUT2D eigenvalue weighted by molar-refractivity contribution is 5.85. The van der Waals surface area contributed by atoms with Crippen LogP contribution in [0.15, 0.2) is 6.20 Å². The van der Waals surface area contributed by atoms with Crippen LogP contribution in [0.3, 0.4) is 0 Å². The average Bonchev–Trinajstić information content (AvgIpc) is 2.93. The van der Waals surface area contributed by atoms with Gasteiger partial charge in [-0.2, -0.15) is 0 Å². The van der Waals surface area contributed by atoms with Crippen molar-refractivity contribution >= 4 is 5.97 Å². The van der Waals surface area contributed by atoms with Gasteiger partial charge >= 0.3 is 5.97 Å². The van der Waals surface area contributed by atoms with Gasteiger partial charge in [0.25, 0.3) is 0 Å². The van der Waals surface area contributed by atoms with Gasteiger partial charge < -0.3 is 15.0 Å². The molecule has 2 unspecified atom stereocenters. The smallest absolute Gasteiger partial charge is 0.356 e. The Morgan fingerprint density at radius 3 is 2.72 bits per heavy atom. The molecule has 5 heteroatoms. The predicted octanol–water partition coefficient (Wildman–Crippen LogP) is 1.60. The van der Waals surface area contributed by atoms with Crippen molar-refractivity contribution < 1.29 is 9.90 Å². The molecule has 0 amide bonds. The molecular weight excluding hydrogens is 230 g/mol. The van der Waals surface area contributed by atoms with E-state index < -0.39 is 5.97 Å². The number of nitrogens with zero attached hydrogens (tertiary/aromatic N) is 2. The standard InChI is InChI=1S/C13H19N3O2/c1-2-16-7-11(13(17)18)15-12(16)8-5-9-3-4-10(6-8)14-9/h7-10,14H,2-6H2,1H3,(H,17,18). The predicted molar refractivity (Wildman–Crippen MR) is 66.8 cm³/mol. The first-order chi connectivity index (χ1) is 8.67. The number of aryl methyl sites for hydroxylation is 1. The average molecular weight is 249 g/mol. The molecule has 0 radical (unpaired) electrons. The Balaban J connectivity index is 1.88. The Morgan fingerprint density at radius 2 is 2.17 bits per heavy atom. The second kappa shape index (κ2) is 4.39. The SMILES string of the molecule is CCn1cc(C(=O)O)nc1C1CC2CCC(C1)N2. The van der Waals surface area contributed by atoms with E-state index in [1.807, 2.05) is 11.5 Å². The van der Waals surface area contributed by atoms with E-state index in [0.717, 1.165) is 25.2 Å². The van der Waals surface area contributed by atoms with Gasteiger partial charge in [-0.25, -0.2) is 9.78 Å². The fourth-order valence-corrected chi connectivity index (χ4v) is 3.38. The highest BCUT2D eigenvalue weighted by Crippen LogP contribution is 2.36. The summed E-state index contributed by atoms with van der Waals surface area (Å²) in [6.45, 7) is 2.82. The molecule has 2 N–H and O–H groups in total. The Labute approximate surface area is 106 Å². The number of aromatic carboxylic acids is 1. The largest absolute Gasteiger partial charge is 0.476 e. The zero-order chi connectivity index (χ0) is 12.7. The molecule has 3 heterocycles. The number of carboxylic acid groups (broad SMARTS) is 1. The normalized spacial score (nSPS) is 30.6. The number of carbonyl (C=O) groups is 1. The summed E-state index contributed by atoms with van der Waals surface area (Å²) in [6.07, 6.45) is 6.35. The minimum atomic E-state index is -0.930. The zero-order valence-electron chi connectivity index (χ0n) is 10.6. The topological polar surface area (TPSA) is 67.2 Å². The number of nitrogens with one attached hydrogen (secondary N) is 1. The number of aromatic nitrogens is 2. The van der Waals surface area contributed by atoms with Gasteiger partial charge in [0.2, 0.25) is 0 Å². The van der Waals surface area contributed by atoms with Crippen LogP contribution in [0.2, 0.25) is 0 Å². The van der Waals surface area contributed by atoms with Crippen molar-refractivity contribution in [2.75, 3.05) is 0 Å². The lowest BCUT2D eigenvalue weighted by Crippen LogP contribution is -2.37. The maximum atomic E-state index is 11.0. The third-order valence-corrected chi connectivity index (χ3v) is 4.21. The van der Waals surface area contributed by atoms with Crippen molar-refractivity contribution in [1.29, 1.82) is 0 Å². The molecule has 18 heavy (non-hydrogen) atoms. The van der Waals surface area contributed by atoms with E-state index in [9.17, 15) is 4.79 Å². The van der Waals surface area contributed by atoms with Crippen LogP contribution in [0.1, 0.15) is 54.8 Å². The summed E-state index contributed by atoms with van der Waals surface area (Å²) in [5.41, 5.74) is 0.178. The molecule has 5 nitrogen and oxygen atoms in total. The monoisotopic (exact) mass is 249 g/mol. The van der Waals surface area contributed by atoms with Crippen LogP contribution in [0, 0.1) is 0 Å². The number of imidazole rings is 1. The molecule has 2 aliphatic heterocycles. The molecule has 2 bridgehead atoms. The quantitative estimate of drug-likeness (QED) is 0.854. The number of rotatable bonds is 3. The Hall–Kier alpha value is -1.36. The highest BCUT2D eigenvalue weighted by atomic mass is 16.4. The molecular formula is C13H19N3O2. The van der Waals surface area contributed by atoms with Gasteiger partial charge in [-0.15, -0.1) is 0 Å². The summed E-state index contributed by atoms with van der Waals surface area (Å²) in [7, 11) is 0. The van der Waals surface area contributed by atoms with Gasteiger partial charge in [0.15, 0.2) is 5.69 Å². The first-order valence-electron chi connectivity index (χ1n) is 6.73. The van der Waals surface area contributed by atoms with Gasteiger partial charge in [0.05, 0.1) is 0 Å². The molecule has 1 aromatic heterocycles. The minimum absolute atomic E-state index is 0.178. The van der Waals surface area contributed by atoms with Crippen LogP contribution in [-0.4, -0.2) is 32.7 Å². The van der Waals surface area contributed by atoms with Gasteiger partial charge in [0, 0.05) is 30.7 Å².